The van der Waals surface area contributed by atoms with Gasteiger partial charge in [-0.3, -0.25) is 0 Å². The minimum atomic E-state index is 0. The number of aromatic hydroxyl groups is 1. The quantitative estimate of drug-likeness (QED) is 0.752. The number of hydrogen-bond donors (Lipinski definition) is 2. The van der Waals surface area contributed by atoms with E-state index in [0.717, 1.165) is 6.54 Å². The molecule has 0 amide bonds. The average molecular weight is 214 g/mol. The van der Waals surface area contributed by atoms with Crippen molar-refractivity contribution in [3.63, 3.8) is 0 Å². The standard InChI is InChI=1S/C11H15NO.ClH/c13-10-5-3-4-9(8-10)11-6-1-2-7-12-11;/h3-5,8,11-13H,1-2,6-7H2;1H/t11-;/m0./s1. The largest absolute Gasteiger partial charge is 0.508 e. The van der Waals surface area contributed by atoms with Crippen LogP contribution in [-0.4, -0.2) is 11.7 Å². The van der Waals surface area contributed by atoms with E-state index in [1.807, 2.05) is 12.1 Å². The third kappa shape index (κ3) is 2.63. The van der Waals surface area contributed by atoms with E-state index in [1.165, 1.54) is 24.8 Å². The molecule has 1 fully saturated rings. The lowest BCUT2D eigenvalue weighted by atomic mass is 9.97. The monoisotopic (exact) mass is 213 g/mol. The number of phenols is 1. The molecule has 0 saturated carbocycles. The van der Waals surface area contributed by atoms with Gasteiger partial charge in [0.15, 0.2) is 0 Å². The Morgan fingerprint density at radius 1 is 1.29 bits per heavy atom. The van der Waals surface area contributed by atoms with Crippen molar-refractivity contribution < 1.29 is 5.11 Å². The summed E-state index contributed by atoms with van der Waals surface area (Å²) in [5.41, 5.74) is 1.21. The summed E-state index contributed by atoms with van der Waals surface area (Å²) in [6.45, 7) is 1.10. The molecule has 1 heterocycles. The first-order valence-corrected chi connectivity index (χ1v) is 4.88. The number of benzene rings is 1. The van der Waals surface area contributed by atoms with Gasteiger partial charge in [-0.05, 0) is 37.1 Å². The molecule has 78 valence electrons. The average Bonchev–Trinajstić information content (AvgIpc) is 2.19. The minimum absolute atomic E-state index is 0. The summed E-state index contributed by atoms with van der Waals surface area (Å²) in [6, 6.07) is 7.99. The molecule has 2 nitrogen and oxygen atoms in total. The van der Waals surface area contributed by atoms with Gasteiger partial charge in [-0.2, -0.15) is 0 Å². The lowest BCUT2D eigenvalue weighted by molar-refractivity contribution is 0.409. The van der Waals surface area contributed by atoms with Crippen LogP contribution in [0.25, 0.3) is 0 Å². The van der Waals surface area contributed by atoms with Gasteiger partial charge in [0.1, 0.15) is 5.75 Å². The van der Waals surface area contributed by atoms with Gasteiger partial charge in [-0.1, -0.05) is 18.6 Å². The van der Waals surface area contributed by atoms with Gasteiger partial charge in [0, 0.05) is 6.04 Å². The van der Waals surface area contributed by atoms with Crippen LogP contribution in [0.4, 0.5) is 0 Å². The molecule has 1 saturated heterocycles. The Labute approximate surface area is 90.7 Å². The molecule has 1 aromatic carbocycles. The van der Waals surface area contributed by atoms with E-state index in [1.54, 1.807) is 6.07 Å². The highest BCUT2D eigenvalue weighted by Crippen LogP contribution is 2.24. The Kier molecular flexibility index (Phi) is 4.23. The first-order valence-electron chi connectivity index (χ1n) is 4.88. The minimum Gasteiger partial charge on any atom is -0.508 e. The predicted molar refractivity (Wildman–Crippen MR) is 59.9 cm³/mol. The van der Waals surface area contributed by atoms with E-state index in [2.05, 4.69) is 11.4 Å². The van der Waals surface area contributed by atoms with Gasteiger partial charge in [0.05, 0.1) is 0 Å². The van der Waals surface area contributed by atoms with Crippen molar-refractivity contribution in [1.29, 1.82) is 0 Å². The van der Waals surface area contributed by atoms with Crippen LogP contribution < -0.4 is 5.32 Å². The lowest BCUT2D eigenvalue weighted by Gasteiger charge is -2.23. The highest BCUT2D eigenvalue weighted by Gasteiger charge is 2.14. The van der Waals surface area contributed by atoms with Crippen molar-refractivity contribution in [2.24, 2.45) is 0 Å². The Balaban J connectivity index is 0.000000980. The summed E-state index contributed by atoms with van der Waals surface area (Å²) in [7, 11) is 0. The molecule has 1 aromatic rings. The summed E-state index contributed by atoms with van der Waals surface area (Å²) in [6.07, 6.45) is 3.74. The van der Waals surface area contributed by atoms with Crippen molar-refractivity contribution in [2.45, 2.75) is 25.3 Å². The molecule has 2 N–H and O–H groups in total. The number of rotatable bonds is 1. The Bertz CT molecular complexity index is 284. The van der Waals surface area contributed by atoms with Crippen LogP contribution in [0, 0.1) is 0 Å². The molecule has 2 rings (SSSR count). The van der Waals surface area contributed by atoms with Crippen LogP contribution in [0.2, 0.25) is 0 Å². The normalized spacial score (nSPS) is 21.3. The Morgan fingerprint density at radius 2 is 2.14 bits per heavy atom. The van der Waals surface area contributed by atoms with E-state index in [0.29, 0.717) is 11.8 Å². The molecule has 14 heavy (non-hydrogen) atoms. The Morgan fingerprint density at radius 3 is 2.79 bits per heavy atom. The van der Waals surface area contributed by atoms with Crippen molar-refractivity contribution in [1.82, 2.24) is 5.32 Å². The van der Waals surface area contributed by atoms with Gasteiger partial charge in [0.25, 0.3) is 0 Å². The van der Waals surface area contributed by atoms with Crippen molar-refractivity contribution in [2.75, 3.05) is 6.54 Å². The predicted octanol–water partition coefficient (Wildman–Crippen LogP) is 2.63. The first-order chi connectivity index (χ1) is 6.36. The van der Waals surface area contributed by atoms with Crippen molar-refractivity contribution >= 4 is 12.4 Å². The summed E-state index contributed by atoms with van der Waals surface area (Å²) in [5, 5.41) is 12.8. The third-order valence-electron chi connectivity index (χ3n) is 2.58. The fourth-order valence-corrected chi connectivity index (χ4v) is 1.88. The maximum atomic E-state index is 9.32. The van der Waals surface area contributed by atoms with Gasteiger partial charge in [-0.15, -0.1) is 12.4 Å². The highest BCUT2D eigenvalue weighted by atomic mass is 35.5. The van der Waals surface area contributed by atoms with Gasteiger partial charge in [0.2, 0.25) is 0 Å². The van der Waals surface area contributed by atoms with Crippen LogP contribution in [0.3, 0.4) is 0 Å². The summed E-state index contributed by atoms with van der Waals surface area (Å²) in [5.74, 6) is 0.366. The summed E-state index contributed by atoms with van der Waals surface area (Å²) >= 11 is 0. The number of halogens is 1. The SMILES string of the molecule is Cl.Oc1cccc([C@@H]2CCCCN2)c1. The van der Waals surface area contributed by atoms with Crippen LogP contribution in [0.1, 0.15) is 30.9 Å². The van der Waals surface area contributed by atoms with Gasteiger partial charge in [-0.25, -0.2) is 0 Å². The smallest absolute Gasteiger partial charge is 0.115 e. The fourth-order valence-electron chi connectivity index (χ4n) is 1.88. The summed E-state index contributed by atoms with van der Waals surface area (Å²) in [4.78, 5) is 0. The zero-order valence-electron chi connectivity index (χ0n) is 8.07. The molecule has 1 aliphatic heterocycles. The molecular formula is C11H16ClNO. The van der Waals surface area contributed by atoms with E-state index in [-0.39, 0.29) is 12.4 Å². The molecule has 0 unspecified atom stereocenters. The van der Waals surface area contributed by atoms with E-state index in [9.17, 15) is 5.11 Å². The topological polar surface area (TPSA) is 32.3 Å². The zero-order chi connectivity index (χ0) is 9.10. The number of hydrogen-bond acceptors (Lipinski definition) is 2. The van der Waals surface area contributed by atoms with E-state index >= 15 is 0 Å². The molecular weight excluding hydrogens is 198 g/mol. The van der Waals surface area contributed by atoms with Crippen LogP contribution >= 0.6 is 12.4 Å². The van der Waals surface area contributed by atoms with Gasteiger partial charge >= 0.3 is 0 Å². The first kappa shape index (κ1) is 11.3. The number of nitrogens with one attached hydrogen (secondary N) is 1. The third-order valence-corrected chi connectivity index (χ3v) is 2.58. The zero-order valence-corrected chi connectivity index (χ0v) is 8.89. The van der Waals surface area contributed by atoms with Crippen molar-refractivity contribution in [3.05, 3.63) is 29.8 Å². The van der Waals surface area contributed by atoms with Crippen LogP contribution in [-0.2, 0) is 0 Å². The summed E-state index contributed by atoms with van der Waals surface area (Å²) < 4.78 is 0. The molecule has 1 atom stereocenters. The molecule has 3 heteroatoms. The molecule has 0 aromatic heterocycles. The van der Waals surface area contributed by atoms with E-state index < -0.39 is 0 Å². The second-order valence-corrected chi connectivity index (χ2v) is 3.60. The highest BCUT2D eigenvalue weighted by molar-refractivity contribution is 5.85. The molecule has 0 bridgehead atoms. The molecule has 0 radical (unpaired) electrons. The maximum absolute atomic E-state index is 9.32. The number of phenolic OH excluding ortho intramolecular Hbond substituents is 1. The van der Waals surface area contributed by atoms with Gasteiger partial charge < -0.3 is 10.4 Å². The van der Waals surface area contributed by atoms with Crippen molar-refractivity contribution in [3.8, 4) is 5.75 Å². The molecule has 0 aliphatic carbocycles. The Hall–Kier alpha value is -0.730. The fraction of sp³-hybridized carbons (Fsp3) is 0.455. The number of piperidine rings is 1. The second kappa shape index (κ2) is 5.23. The van der Waals surface area contributed by atoms with Crippen LogP contribution in [0.5, 0.6) is 5.75 Å². The maximum Gasteiger partial charge on any atom is 0.115 e. The van der Waals surface area contributed by atoms with Crippen LogP contribution in [0.15, 0.2) is 24.3 Å². The second-order valence-electron chi connectivity index (χ2n) is 3.60. The molecule has 1 aliphatic rings. The van der Waals surface area contributed by atoms with E-state index in [4.69, 9.17) is 0 Å². The lowest BCUT2D eigenvalue weighted by Crippen LogP contribution is -2.26. The molecule has 0 spiro atoms.